The fraction of sp³-hybridized carbons (Fsp3) is 0.323. The van der Waals surface area contributed by atoms with Crippen LogP contribution in [0.1, 0.15) is 190 Å². The molecule has 0 unspecified atom stereocenters. The van der Waals surface area contributed by atoms with E-state index in [0.717, 1.165) is 240 Å². The van der Waals surface area contributed by atoms with Gasteiger partial charge < -0.3 is 40.0 Å². The van der Waals surface area contributed by atoms with Crippen molar-refractivity contribution in [1.29, 1.82) is 0 Å². The highest BCUT2D eigenvalue weighted by atomic mass is 16.2. The fourth-order valence-electron chi connectivity index (χ4n) is 18.5. The van der Waals surface area contributed by atoms with E-state index < -0.39 is 17.7 Å². The second-order valence-electron chi connectivity index (χ2n) is 35.4. The summed E-state index contributed by atoms with van der Waals surface area (Å²) >= 11 is 0. The number of hydrogen-bond acceptors (Lipinski definition) is 23. The highest BCUT2D eigenvalue weighted by Crippen LogP contribution is 2.43. The molecule has 41 heteroatoms. The Kier molecular flexibility index (Phi) is 20.2. The van der Waals surface area contributed by atoms with Gasteiger partial charge in [-0.15, -0.1) is 0 Å². The first-order valence-corrected chi connectivity index (χ1v) is 45.6. The molecule has 2 aliphatic carbocycles. The monoisotopic (exact) mass is 1790 g/mol. The first-order valence-electron chi connectivity index (χ1n) is 45.6. The van der Waals surface area contributed by atoms with Crippen LogP contribution < -0.4 is 17.2 Å². The molecule has 0 saturated heterocycles. The van der Waals surface area contributed by atoms with Crippen LogP contribution in [0.3, 0.4) is 0 Å². The number of fused-ring (bicyclic) bond motifs is 10. The molecule has 5 aliphatic heterocycles. The number of imidazole rings is 10. The number of carbonyl (C=O) groups excluding carboxylic acids is 3. The van der Waals surface area contributed by atoms with Crippen LogP contribution in [0.2, 0.25) is 0 Å². The molecule has 6 N–H and O–H groups in total. The summed E-state index contributed by atoms with van der Waals surface area (Å²) in [7, 11) is 0. The minimum Gasteiger partial charge on any atom is -0.364 e. The molecule has 0 atom stereocenters. The zero-order valence-electron chi connectivity index (χ0n) is 74.5. The Bertz CT molecular complexity index is 7370. The highest BCUT2D eigenvalue weighted by Gasteiger charge is 2.35. The first kappa shape index (κ1) is 82.1. The number of aromatic nitrogens is 35. The van der Waals surface area contributed by atoms with Gasteiger partial charge in [-0.25, -0.2) is 72.4 Å². The van der Waals surface area contributed by atoms with Gasteiger partial charge in [-0.3, -0.25) is 37.8 Å². The van der Waals surface area contributed by atoms with Crippen LogP contribution in [0, 0.1) is 0 Å². The molecule has 0 spiro atoms. The van der Waals surface area contributed by atoms with E-state index in [0.29, 0.717) is 46.5 Å². The molecule has 41 nitrogen and oxygen atoms in total. The summed E-state index contributed by atoms with van der Waals surface area (Å²) in [6.45, 7) is 17.2. The Balaban J connectivity index is 0.0000000947. The number of carbonyl (C=O) groups is 3. The van der Waals surface area contributed by atoms with E-state index in [1.54, 1.807) is 16.9 Å². The molecule has 134 heavy (non-hydrogen) atoms. The van der Waals surface area contributed by atoms with Crippen molar-refractivity contribution in [2.24, 2.45) is 17.2 Å². The summed E-state index contributed by atoms with van der Waals surface area (Å²) in [6.07, 6.45) is 36.7. The molecule has 2 saturated carbocycles. The molecule has 0 radical (unpaired) electrons. The van der Waals surface area contributed by atoms with Crippen LogP contribution in [0.4, 0.5) is 0 Å². The van der Waals surface area contributed by atoms with Crippen LogP contribution in [-0.2, 0) is 64.8 Å². The van der Waals surface area contributed by atoms with Crippen LogP contribution in [-0.4, -0.2) is 187 Å². The van der Waals surface area contributed by atoms with Crippen molar-refractivity contribution in [2.75, 3.05) is 0 Å². The number of nitrogens with zero attached hydrogens (tertiary/aromatic N) is 35. The normalized spacial score (nSPS) is 14.7. The maximum absolute atomic E-state index is 11.7. The van der Waals surface area contributed by atoms with Gasteiger partial charge in [0.1, 0.15) is 132 Å². The first-order chi connectivity index (χ1) is 65.3. The van der Waals surface area contributed by atoms with E-state index in [2.05, 4.69) is 122 Å². The van der Waals surface area contributed by atoms with E-state index in [1.165, 1.54) is 57.8 Å². The summed E-state index contributed by atoms with van der Waals surface area (Å²) in [5.41, 5.74) is 38.1. The van der Waals surface area contributed by atoms with E-state index in [1.807, 2.05) is 145 Å². The van der Waals surface area contributed by atoms with Crippen molar-refractivity contribution < 1.29 is 14.4 Å². The molecule has 25 heterocycles. The highest BCUT2D eigenvalue weighted by molar-refractivity contribution is 5.93. The second kappa shape index (κ2) is 32.9. The smallest absolute Gasteiger partial charge is 0.269 e. The van der Waals surface area contributed by atoms with Gasteiger partial charge in [0.05, 0.1) is 59.1 Å². The van der Waals surface area contributed by atoms with Crippen LogP contribution in [0.15, 0.2) is 165 Å². The molecule has 7 aliphatic rings. The second-order valence-corrected chi connectivity index (χ2v) is 35.4. The lowest BCUT2D eigenvalue weighted by atomic mass is 10.2. The zero-order valence-corrected chi connectivity index (χ0v) is 74.5. The number of primary amides is 3. The minimum atomic E-state index is -0.563. The van der Waals surface area contributed by atoms with Gasteiger partial charge in [-0.05, 0) is 190 Å². The van der Waals surface area contributed by atoms with Gasteiger partial charge in [0.25, 0.3) is 17.7 Å². The van der Waals surface area contributed by atoms with E-state index in [4.69, 9.17) is 77.8 Å². The molecule has 20 aromatic rings. The van der Waals surface area contributed by atoms with Gasteiger partial charge >= 0.3 is 0 Å². The third-order valence-corrected chi connectivity index (χ3v) is 25.4. The maximum Gasteiger partial charge on any atom is 0.269 e. The van der Waals surface area contributed by atoms with Crippen molar-refractivity contribution in [3.05, 3.63) is 212 Å². The number of nitrogens with two attached hydrogens (primary N) is 3. The van der Waals surface area contributed by atoms with Crippen LogP contribution in [0.25, 0.3) is 142 Å². The van der Waals surface area contributed by atoms with Crippen molar-refractivity contribution in [3.63, 3.8) is 0 Å². The predicted molar refractivity (Wildman–Crippen MR) is 492 cm³/mol. The Morgan fingerprint density at radius 1 is 0.291 bits per heavy atom. The van der Waals surface area contributed by atoms with E-state index in [-0.39, 0.29) is 29.2 Å². The van der Waals surface area contributed by atoms with Gasteiger partial charge in [-0.2, -0.15) is 51.0 Å². The van der Waals surface area contributed by atoms with Crippen molar-refractivity contribution in [2.45, 2.75) is 194 Å². The summed E-state index contributed by atoms with van der Waals surface area (Å²) < 4.78 is 29.2. The quantitative estimate of drug-likeness (QED) is 0.0718. The lowest BCUT2D eigenvalue weighted by Crippen LogP contribution is -2.15. The average molecular weight is 1790 g/mol. The summed E-state index contributed by atoms with van der Waals surface area (Å²) in [5.74, 6) is 3.69. The van der Waals surface area contributed by atoms with Crippen molar-refractivity contribution in [3.8, 4) is 114 Å². The third kappa shape index (κ3) is 14.8. The number of rotatable bonds is 18. The molecule has 2 fully saturated rings. The summed E-state index contributed by atoms with van der Waals surface area (Å²) in [6, 6.07) is 31.3. The lowest BCUT2D eigenvalue weighted by molar-refractivity contribution is 0.0985. The van der Waals surface area contributed by atoms with Crippen molar-refractivity contribution >= 4 is 46.0 Å². The maximum atomic E-state index is 11.7. The molecule has 27 rings (SSSR count). The Morgan fingerprint density at radius 2 is 0.552 bits per heavy atom. The van der Waals surface area contributed by atoms with E-state index >= 15 is 0 Å². The largest absolute Gasteiger partial charge is 0.364 e. The number of amides is 3. The average Bonchev–Trinajstić information content (AvgIpc) is 1.62. The lowest BCUT2D eigenvalue weighted by Gasteiger charge is -2.08. The molecule has 3 amide bonds. The minimum absolute atomic E-state index is 0.253. The Labute approximate surface area is 763 Å². The predicted octanol–water partition coefficient (Wildman–Crippen LogP) is 11.7. The zero-order chi connectivity index (χ0) is 91.0. The third-order valence-electron chi connectivity index (χ3n) is 25.4. The van der Waals surface area contributed by atoms with Gasteiger partial charge in [0.15, 0.2) is 28.2 Å². The van der Waals surface area contributed by atoms with Gasteiger partial charge in [0.2, 0.25) is 0 Å². The molecule has 0 bridgehead atoms. The molecular weight excluding hydrogens is 1700 g/mol. The number of aryl methyl sites for hydroxylation is 5. The SMILES string of the molecule is CC(C)n1ccc(-c2nc3n(c2-c2ccc4ncc(C(N)=O)n4n2)CCC3)n1.CC(C)n1ccc(-c2nc3n(c2-c2ccc4ncc(C(N)=O)n4n2)CCC3)n1.CC(C)n1ccc(-c2nc3n(c2-c2ccc4nccn4n2)CCC3)n1.NC(=O)c1cnc2ccc(-c3c(-c4ccn(C5CC5)n4)nc4n3CCC4)nn12.c1cn2nc(-c3c(-c4ccn(C5CC5)n4)nc4n3CCC4)ccc2n1. The topological polar surface area (TPSA) is 458 Å². The Morgan fingerprint density at radius 3 is 0.813 bits per heavy atom. The molecular formula is C93H94N38O3. The molecule has 20 aromatic heterocycles. The fourth-order valence-corrected chi connectivity index (χ4v) is 18.5. The van der Waals surface area contributed by atoms with E-state index in [9.17, 15) is 14.4 Å². The van der Waals surface area contributed by atoms with Crippen LogP contribution >= 0.6 is 0 Å². The molecule has 0 aromatic carbocycles. The van der Waals surface area contributed by atoms with Crippen LogP contribution in [0.5, 0.6) is 0 Å². The standard InChI is InChI=1S/C19H18N8O.2C19H20N8O.C18H17N7.C18H19N7/c20-19(28)14-10-21-15-6-5-13(24-27(14)15)18-17(22-16-2-1-8-25(16)18)12-7-9-26(23-12)11-3-4-11;2*1-11(2)26-9-7-12(23-26)17-18(25-8-3-4-16(25)22-17)13-5-6-15-21-10-14(19(20)28)27(15)24-13;1-2-16-20-17(13-7-10-24(21-13)12-3-4-12)18(23(16)9-1)14-5-6-15-19-8-11-25(15)22-14;1-12(2)24-10-7-13(21-24)17-18(23-9-3-4-16(23)20-17)14-5-6-15-19-8-11-25(15)22-14/h5-7,9-11H,1-4,8H2,(H2,20,28);2*5-7,9-11H,3-4,8H2,1-2H3,(H2,20,28);5-8,10-12H,1-4,9H2;5-8,10-12H,3-4,9H2,1-2H3. The number of hydrogen-bond donors (Lipinski definition) is 3. The van der Waals surface area contributed by atoms with Gasteiger partial charge in [-0.1, -0.05) is 0 Å². The molecule has 674 valence electrons. The van der Waals surface area contributed by atoms with Crippen molar-refractivity contribution in [1.82, 2.24) is 170 Å². The summed E-state index contributed by atoms with van der Waals surface area (Å²) in [4.78, 5) is 80.7. The van der Waals surface area contributed by atoms with Gasteiger partial charge in [0, 0.05) is 139 Å². The summed E-state index contributed by atoms with van der Waals surface area (Å²) in [5, 5.41) is 47.2. The Hall–Kier alpha value is -16.4.